The topological polar surface area (TPSA) is 77.1 Å². The second kappa shape index (κ2) is 8.53. The summed E-state index contributed by atoms with van der Waals surface area (Å²) in [6.07, 6.45) is 2.45. The number of aryl methyl sites for hydroxylation is 1. The van der Waals surface area contributed by atoms with Crippen molar-refractivity contribution in [3.8, 4) is 11.1 Å². The van der Waals surface area contributed by atoms with Crippen LogP contribution in [0.25, 0.3) is 11.1 Å². The molecule has 0 fully saturated rings. The number of nitrogens with zero attached hydrogens (tertiary/aromatic N) is 3. The van der Waals surface area contributed by atoms with Gasteiger partial charge in [-0.05, 0) is 29.2 Å². The monoisotopic (exact) mass is 405 g/mol. The molecule has 0 aliphatic carbocycles. The Bertz CT molecular complexity index is 1120. The highest BCUT2D eigenvalue weighted by Gasteiger charge is 2.24. The van der Waals surface area contributed by atoms with Gasteiger partial charge in [0.1, 0.15) is 5.82 Å². The molecule has 6 nitrogen and oxygen atoms in total. The van der Waals surface area contributed by atoms with E-state index >= 15 is 0 Å². The number of rotatable bonds is 7. The Morgan fingerprint density at radius 3 is 2.40 bits per heavy atom. The van der Waals surface area contributed by atoms with Crippen LogP contribution in [0.5, 0.6) is 0 Å². The molecule has 1 N–H and O–H groups in total. The molecule has 2 aromatic carbocycles. The maximum Gasteiger partial charge on any atom is 0.346 e. The molecule has 1 heterocycles. The fourth-order valence-electron chi connectivity index (χ4n) is 3.39. The Balaban J connectivity index is 1.94. The lowest BCUT2D eigenvalue weighted by Gasteiger charge is -2.18. The highest BCUT2D eigenvalue weighted by Crippen LogP contribution is 2.25. The van der Waals surface area contributed by atoms with Gasteiger partial charge in [0.15, 0.2) is 0 Å². The molecule has 0 radical (unpaired) electrons. The van der Waals surface area contributed by atoms with Gasteiger partial charge in [-0.1, -0.05) is 69.3 Å². The lowest BCUT2D eigenvalue weighted by molar-refractivity contribution is 0.0697. The van der Waals surface area contributed by atoms with Crippen LogP contribution >= 0.6 is 0 Å². The molecule has 0 bridgehead atoms. The Kier molecular flexibility index (Phi) is 6.06. The first-order valence-corrected chi connectivity index (χ1v) is 9.93. The molecule has 3 rings (SSSR count). The lowest BCUT2D eigenvalue weighted by atomic mass is 9.95. The minimum Gasteiger partial charge on any atom is -0.478 e. The van der Waals surface area contributed by atoms with Crippen LogP contribution < -0.4 is 5.69 Å². The van der Waals surface area contributed by atoms with E-state index in [1.165, 1.54) is 4.68 Å². The molecule has 30 heavy (non-hydrogen) atoms. The van der Waals surface area contributed by atoms with Gasteiger partial charge in [-0.15, -0.1) is 6.58 Å². The largest absolute Gasteiger partial charge is 0.478 e. The number of hydrogen-bond acceptors (Lipinski definition) is 3. The number of allylic oxidation sites excluding steroid dienone is 1. The van der Waals surface area contributed by atoms with Crippen molar-refractivity contribution < 1.29 is 9.90 Å². The van der Waals surface area contributed by atoms with Gasteiger partial charge >= 0.3 is 11.7 Å². The van der Waals surface area contributed by atoms with Crippen molar-refractivity contribution in [1.29, 1.82) is 0 Å². The molecule has 6 heteroatoms. The fraction of sp³-hybridized carbons (Fsp3) is 0.292. The first-order chi connectivity index (χ1) is 14.2. The second-order valence-corrected chi connectivity index (χ2v) is 8.29. The average Bonchev–Trinajstić information content (AvgIpc) is 3.03. The first kappa shape index (κ1) is 21.3. The maximum absolute atomic E-state index is 12.9. The van der Waals surface area contributed by atoms with E-state index in [2.05, 4.69) is 11.7 Å². The molecular weight excluding hydrogens is 378 g/mol. The van der Waals surface area contributed by atoms with Crippen LogP contribution in [-0.2, 0) is 18.5 Å². The van der Waals surface area contributed by atoms with Crippen LogP contribution in [0.2, 0.25) is 0 Å². The zero-order valence-corrected chi connectivity index (χ0v) is 17.6. The SMILES string of the molecule is C=CCCn1nc(C(C)(C)C)n(Cc2ccc(-c3ccccc3C(=O)O)cc2)c1=O. The molecule has 0 aliphatic rings. The van der Waals surface area contributed by atoms with Crippen molar-refractivity contribution in [3.63, 3.8) is 0 Å². The van der Waals surface area contributed by atoms with E-state index in [9.17, 15) is 14.7 Å². The number of aromatic nitrogens is 3. The summed E-state index contributed by atoms with van der Waals surface area (Å²) < 4.78 is 3.21. The summed E-state index contributed by atoms with van der Waals surface area (Å²) in [4.78, 5) is 24.4. The van der Waals surface area contributed by atoms with E-state index < -0.39 is 5.97 Å². The predicted octanol–water partition coefficient (Wildman–Crippen LogP) is 4.33. The van der Waals surface area contributed by atoms with Crippen LogP contribution in [0.1, 0.15) is 48.9 Å². The van der Waals surface area contributed by atoms with Crippen LogP contribution in [0, 0.1) is 0 Å². The molecule has 3 aromatic rings. The van der Waals surface area contributed by atoms with Gasteiger partial charge in [0.2, 0.25) is 0 Å². The first-order valence-electron chi connectivity index (χ1n) is 9.93. The van der Waals surface area contributed by atoms with Gasteiger partial charge < -0.3 is 5.11 Å². The van der Waals surface area contributed by atoms with E-state index in [0.29, 0.717) is 25.1 Å². The van der Waals surface area contributed by atoms with Gasteiger partial charge in [-0.25, -0.2) is 14.3 Å². The molecule has 0 unspecified atom stereocenters. The van der Waals surface area contributed by atoms with Gasteiger partial charge in [-0.3, -0.25) is 4.57 Å². The van der Waals surface area contributed by atoms with Crippen molar-refractivity contribution in [2.75, 3.05) is 0 Å². The maximum atomic E-state index is 12.9. The molecule has 0 saturated heterocycles. The zero-order valence-electron chi connectivity index (χ0n) is 17.6. The van der Waals surface area contributed by atoms with Crippen LogP contribution in [0.15, 0.2) is 66.0 Å². The summed E-state index contributed by atoms with van der Waals surface area (Å²) in [7, 11) is 0. The Morgan fingerprint density at radius 2 is 1.80 bits per heavy atom. The number of benzene rings is 2. The van der Waals surface area contributed by atoms with Crippen molar-refractivity contribution in [3.05, 3.63) is 88.6 Å². The highest BCUT2D eigenvalue weighted by molar-refractivity contribution is 5.95. The number of hydrogen-bond donors (Lipinski definition) is 1. The minimum atomic E-state index is -0.956. The summed E-state index contributed by atoms with van der Waals surface area (Å²) in [6, 6.07) is 14.6. The van der Waals surface area contributed by atoms with E-state index in [1.54, 1.807) is 28.8 Å². The van der Waals surface area contributed by atoms with E-state index in [4.69, 9.17) is 0 Å². The average molecular weight is 405 g/mol. The van der Waals surface area contributed by atoms with Crippen LogP contribution in [0.4, 0.5) is 0 Å². The lowest BCUT2D eigenvalue weighted by Crippen LogP contribution is -2.28. The minimum absolute atomic E-state index is 0.137. The normalized spacial score (nSPS) is 11.4. The summed E-state index contributed by atoms with van der Waals surface area (Å²) >= 11 is 0. The summed E-state index contributed by atoms with van der Waals surface area (Å²) in [6.45, 7) is 10.7. The van der Waals surface area contributed by atoms with Gasteiger partial charge in [0, 0.05) is 12.0 Å². The highest BCUT2D eigenvalue weighted by atomic mass is 16.4. The molecule has 1 aromatic heterocycles. The second-order valence-electron chi connectivity index (χ2n) is 8.29. The quantitative estimate of drug-likeness (QED) is 0.594. The predicted molar refractivity (Wildman–Crippen MR) is 118 cm³/mol. The number of carbonyl (C=O) groups is 1. The summed E-state index contributed by atoms with van der Waals surface area (Å²) in [5.41, 5.74) is 2.28. The van der Waals surface area contributed by atoms with Gasteiger partial charge in [0.25, 0.3) is 0 Å². The Hall–Kier alpha value is -3.41. The van der Waals surface area contributed by atoms with E-state index in [1.807, 2.05) is 51.1 Å². The van der Waals surface area contributed by atoms with Crippen LogP contribution in [0.3, 0.4) is 0 Å². The summed E-state index contributed by atoms with van der Waals surface area (Å²) in [5, 5.41) is 14.0. The van der Waals surface area contributed by atoms with E-state index in [-0.39, 0.29) is 16.7 Å². The van der Waals surface area contributed by atoms with Gasteiger partial charge in [-0.2, -0.15) is 5.10 Å². The van der Waals surface area contributed by atoms with Gasteiger partial charge in [0.05, 0.1) is 12.1 Å². The van der Waals surface area contributed by atoms with Crippen molar-refractivity contribution in [2.24, 2.45) is 0 Å². The molecule has 0 aliphatic heterocycles. The van der Waals surface area contributed by atoms with Crippen molar-refractivity contribution >= 4 is 5.97 Å². The van der Waals surface area contributed by atoms with E-state index in [0.717, 1.165) is 17.0 Å². The third-order valence-electron chi connectivity index (χ3n) is 4.90. The summed E-state index contributed by atoms with van der Waals surface area (Å²) in [5.74, 6) is -0.222. The number of carboxylic acid groups (broad SMARTS) is 1. The standard InChI is InChI=1S/C24H27N3O3/c1-5-6-15-27-23(30)26(22(25-27)24(2,3)4)16-17-11-13-18(14-12-17)19-9-7-8-10-20(19)21(28)29/h5,7-14H,1,6,15-16H2,2-4H3,(H,28,29). The molecule has 0 saturated carbocycles. The van der Waals surface area contributed by atoms with Crippen LogP contribution in [-0.4, -0.2) is 25.4 Å². The number of aromatic carboxylic acids is 1. The third-order valence-corrected chi connectivity index (χ3v) is 4.90. The smallest absolute Gasteiger partial charge is 0.346 e. The molecule has 0 spiro atoms. The van der Waals surface area contributed by atoms with Crippen molar-refractivity contribution in [1.82, 2.24) is 14.3 Å². The zero-order chi connectivity index (χ0) is 21.9. The Morgan fingerprint density at radius 1 is 1.13 bits per heavy atom. The Labute approximate surface area is 176 Å². The third kappa shape index (κ3) is 4.43. The molecule has 0 amide bonds. The number of carboxylic acids is 1. The fourth-order valence-corrected chi connectivity index (χ4v) is 3.39. The molecule has 156 valence electrons. The molecular formula is C24H27N3O3. The molecule has 0 atom stereocenters. The van der Waals surface area contributed by atoms with Crippen molar-refractivity contribution in [2.45, 2.75) is 45.7 Å².